The van der Waals surface area contributed by atoms with Gasteiger partial charge in [-0.25, -0.2) is 0 Å². The summed E-state index contributed by atoms with van der Waals surface area (Å²) in [6, 6.07) is 17.4. The quantitative estimate of drug-likeness (QED) is 0.780. The molecule has 3 aromatic rings. The number of rotatable bonds is 5. The molecule has 116 valence electrons. The van der Waals surface area contributed by atoms with Gasteiger partial charge in [0.25, 0.3) is 5.91 Å². The fourth-order valence-corrected chi connectivity index (χ4v) is 2.41. The highest BCUT2D eigenvalue weighted by molar-refractivity contribution is 6.04. The van der Waals surface area contributed by atoms with Gasteiger partial charge in [-0.2, -0.15) is 5.10 Å². The van der Waals surface area contributed by atoms with Crippen molar-refractivity contribution in [3.8, 4) is 0 Å². The SMILES string of the molecule is CCc1cccc(NC(=O)c2ccc(Cn3cccn3)cc2)c1. The molecule has 3 rings (SSSR count). The van der Waals surface area contributed by atoms with Gasteiger partial charge in [0, 0.05) is 23.6 Å². The Hall–Kier alpha value is -2.88. The predicted molar refractivity (Wildman–Crippen MR) is 91.5 cm³/mol. The van der Waals surface area contributed by atoms with Gasteiger partial charge >= 0.3 is 0 Å². The highest BCUT2D eigenvalue weighted by atomic mass is 16.1. The van der Waals surface area contributed by atoms with Crippen molar-refractivity contribution < 1.29 is 4.79 Å². The second-order valence-electron chi connectivity index (χ2n) is 5.41. The van der Waals surface area contributed by atoms with Gasteiger partial charge in [0.1, 0.15) is 0 Å². The van der Waals surface area contributed by atoms with Crippen molar-refractivity contribution in [3.63, 3.8) is 0 Å². The molecule has 0 fully saturated rings. The maximum atomic E-state index is 12.3. The third-order valence-corrected chi connectivity index (χ3v) is 3.71. The summed E-state index contributed by atoms with van der Waals surface area (Å²) in [4.78, 5) is 12.3. The van der Waals surface area contributed by atoms with Crippen molar-refractivity contribution in [1.29, 1.82) is 0 Å². The van der Waals surface area contributed by atoms with Crippen LogP contribution in [0.4, 0.5) is 5.69 Å². The number of anilines is 1. The Morgan fingerprint density at radius 1 is 1.09 bits per heavy atom. The number of carbonyl (C=O) groups is 1. The second-order valence-corrected chi connectivity index (χ2v) is 5.41. The summed E-state index contributed by atoms with van der Waals surface area (Å²) in [6.45, 7) is 2.80. The first-order valence-electron chi connectivity index (χ1n) is 7.71. The van der Waals surface area contributed by atoms with Crippen LogP contribution in [0.3, 0.4) is 0 Å². The van der Waals surface area contributed by atoms with Crippen LogP contribution in [0.1, 0.15) is 28.4 Å². The van der Waals surface area contributed by atoms with Crippen LogP contribution in [0.25, 0.3) is 0 Å². The summed E-state index contributed by atoms with van der Waals surface area (Å²) in [5, 5.41) is 7.12. The van der Waals surface area contributed by atoms with E-state index in [-0.39, 0.29) is 5.91 Å². The number of amides is 1. The first-order valence-corrected chi connectivity index (χ1v) is 7.71. The summed E-state index contributed by atoms with van der Waals surface area (Å²) < 4.78 is 1.85. The molecular weight excluding hydrogens is 286 g/mol. The number of hydrogen-bond donors (Lipinski definition) is 1. The fraction of sp³-hybridized carbons (Fsp3) is 0.158. The number of aromatic nitrogens is 2. The minimum absolute atomic E-state index is 0.0936. The van der Waals surface area contributed by atoms with Crippen molar-refractivity contribution in [2.45, 2.75) is 19.9 Å². The third-order valence-electron chi connectivity index (χ3n) is 3.71. The largest absolute Gasteiger partial charge is 0.322 e. The van der Waals surface area contributed by atoms with E-state index >= 15 is 0 Å². The van der Waals surface area contributed by atoms with E-state index in [1.165, 1.54) is 5.56 Å². The first kappa shape index (κ1) is 15.0. The minimum Gasteiger partial charge on any atom is -0.322 e. The number of carbonyl (C=O) groups excluding carboxylic acids is 1. The normalized spacial score (nSPS) is 10.5. The van der Waals surface area contributed by atoms with Gasteiger partial charge in [-0.05, 0) is 47.9 Å². The molecule has 4 nitrogen and oxygen atoms in total. The molecule has 1 N–H and O–H groups in total. The molecular formula is C19H19N3O. The van der Waals surface area contributed by atoms with Crippen molar-refractivity contribution in [2.75, 3.05) is 5.32 Å². The average molecular weight is 305 g/mol. The molecule has 0 radical (unpaired) electrons. The van der Waals surface area contributed by atoms with Gasteiger partial charge in [-0.15, -0.1) is 0 Å². The van der Waals surface area contributed by atoms with E-state index in [1.807, 2.05) is 59.4 Å². The van der Waals surface area contributed by atoms with Crippen LogP contribution in [-0.2, 0) is 13.0 Å². The van der Waals surface area contributed by atoms with Gasteiger partial charge in [-0.1, -0.05) is 31.2 Å². The summed E-state index contributed by atoms with van der Waals surface area (Å²) in [5.74, 6) is -0.0936. The molecule has 0 aliphatic rings. The molecule has 0 unspecified atom stereocenters. The maximum absolute atomic E-state index is 12.3. The average Bonchev–Trinajstić information content (AvgIpc) is 3.08. The van der Waals surface area contributed by atoms with Gasteiger partial charge in [-0.3, -0.25) is 9.48 Å². The molecule has 0 aliphatic heterocycles. The van der Waals surface area contributed by atoms with E-state index in [9.17, 15) is 4.79 Å². The molecule has 0 atom stereocenters. The summed E-state index contributed by atoms with van der Waals surface area (Å²) in [6.07, 6.45) is 4.62. The standard InChI is InChI=1S/C19H19N3O/c1-2-15-5-3-6-18(13-15)21-19(23)17-9-7-16(8-10-17)14-22-12-4-11-20-22/h3-13H,2,14H2,1H3,(H,21,23). The molecule has 1 aromatic heterocycles. The summed E-state index contributed by atoms with van der Waals surface area (Å²) >= 11 is 0. The highest BCUT2D eigenvalue weighted by Crippen LogP contribution is 2.13. The topological polar surface area (TPSA) is 46.9 Å². The van der Waals surface area contributed by atoms with E-state index in [0.717, 1.165) is 17.7 Å². The predicted octanol–water partition coefficient (Wildman–Crippen LogP) is 3.75. The van der Waals surface area contributed by atoms with Crippen LogP contribution in [0.15, 0.2) is 67.0 Å². The molecule has 0 aliphatic carbocycles. The van der Waals surface area contributed by atoms with Crippen LogP contribution in [0.5, 0.6) is 0 Å². The fourth-order valence-electron chi connectivity index (χ4n) is 2.41. The van der Waals surface area contributed by atoms with Crippen molar-refractivity contribution in [1.82, 2.24) is 9.78 Å². The van der Waals surface area contributed by atoms with Gasteiger partial charge in [0.15, 0.2) is 0 Å². The second kappa shape index (κ2) is 6.92. The first-order chi connectivity index (χ1) is 11.2. The molecule has 0 spiro atoms. The third kappa shape index (κ3) is 3.86. The van der Waals surface area contributed by atoms with E-state index in [2.05, 4.69) is 23.4 Å². The number of nitrogens with zero attached hydrogens (tertiary/aromatic N) is 2. The van der Waals surface area contributed by atoms with E-state index in [1.54, 1.807) is 6.20 Å². The van der Waals surface area contributed by atoms with Crippen LogP contribution >= 0.6 is 0 Å². The number of aryl methyl sites for hydroxylation is 1. The minimum atomic E-state index is -0.0936. The van der Waals surface area contributed by atoms with Gasteiger partial charge in [0.05, 0.1) is 6.54 Å². The zero-order chi connectivity index (χ0) is 16.1. The van der Waals surface area contributed by atoms with Crippen LogP contribution in [0, 0.1) is 0 Å². The van der Waals surface area contributed by atoms with Crippen molar-refractivity contribution >= 4 is 11.6 Å². The van der Waals surface area contributed by atoms with Gasteiger partial charge < -0.3 is 5.32 Å². The lowest BCUT2D eigenvalue weighted by atomic mass is 10.1. The molecule has 1 heterocycles. The Balaban J connectivity index is 1.67. The lowest BCUT2D eigenvalue weighted by Crippen LogP contribution is -2.12. The Bertz CT molecular complexity index is 777. The Morgan fingerprint density at radius 2 is 1.91 bits per heavy atom. The lowest BCUT2D eigenvalue weighted by Gasteiger charge is -2.08. The Kier molecular flexibility index (Phi) is 4.52. The monoisotopic (exact) mass is 305 g/mol. The zero-order valence-electron chi connectivity index (χ0n) is 13.1. The molecule has 0 saturated carbocycles. The smallest absolute Gasteiger partial charge is 0.255 e. The zero-order valence-corrected chi connectivity index (χ0v) is 13.1. The molecule has 23 heavy (non-hydrogen) atoms. The van der Waals surface area contributed by atoms with E-state index in [0.29, 0.717) is 12.1 Å². The Morgan fingerprint density at radius 3 is 2.61 bits per heavy atom. The highest BCUT2D eigenvalue weighted by Gasteiger charge is 2.06. The Labute approximate surface area is 135 Å². The summed E-state index contributed by atoms with van der Waals surface area (Å²) in [5.41, 5.74) is 3.79. The van der Waals surface area contributed by atoms with Gasteiger partial charge in [0.2, 0.25) is 0 Å². The van der Waals surface area contributed by atoms with Crippen LogP contribution < -0.4 is 5.32 Å². The number of benzene rings is 2. The van der Waals surface area contributed by atoms with Crippen molar-refractivity contribution in [2.24, 2.45) is 0 Å². The molecule has 0 bridgehead atoms. The molecule has 1 amide bonds. The van der Waals surface area contributed by atoms with E-state index < -0.39 is 0 Å². The van der Waals surface area contributed by atoms with Crippen molar-refractivity contribution in [3.05, 3.63) is 83.7 Å². The molecule has 4 heteroatoms. The van der Waals surface area contributed by atoms with Crippen LogP contribution in [-0.4, -0.2) is 15.7 Å². The van der Waals surface area contributed by atoms with E-state index in [4.69, 9.17) is 0 Å². The maximum Gasteiger partial charge on any atom is 0.255 e. The molecule has 0 saturated heterocycles. The summed E-state index contributed by atoms with van der Waals surface area (Å²) in [7, 11) is 0. The molecule has 2 aromatic carbocycles. The number of hydrogen-bond acceptors (Lipinski definition) is 2. The lowest BCUT2D eigenvalue weighted by molar-refractivity contribution is 0.102. The van der Waals surface area contributed by atoms with Crippen LogP contribution in [0.2, 0.25) is 0 Å². The number of nitrogens with one attached hydrogen (secondary N) is 1.